The largest absolute Gasteiger partial charge is 0.444 e. The van der Waals surface area contributed by atoms with E-state index in [2.05, 4.69) is 79.8 Å². The van der Waals surface area contributed by atoms with Crippen LogP contribution in [0.25, 0.3) is 0 Å². The van der Waals surface area contributed by atoms with Crippen molar-refractivity contribution in [3.05, 3.63) is 147 Å². The number of sulfonamides is 2. The standard InChI is InChI=1S/C34H44ClFN6O5S.C29H35ClN6O3S/c1-32(2,3)26-15-13-23(29(36)39-26)30(43)41-48(45,46)28-11-9-10-27(40-28)38-24(25-18-22(35)16-17-37-25)14-12-21-19-34(7,8)42(20-21)31(44)47-33(4,5)6;1-28(2,3)23-12-10-20-26(33-23)36-17-18(16-29(36,4)5)9-11-21(22-15-19(30)13-14-31-22)32-24-7-6-8-25(34-24)40(38,39)35-27(20)37/h9-11,13,15-18,21,24H,12,14,19-20H2,1-8H3,(H,38,40)(H,41,43);6-8,10,12-15,18,21H,9,11,16-17H2,1-5H3,(H,32,34)(H,35,37)/t21-,24?;18-,21?/m00/s1. The van der Waals surface area contributed by atoms with Gasteiger partial charge in [-0.05, 0) is 172 Å². The van der Waals surface area contributed by atoms with Gasteiger partial charge in [0.05, 0.1) is 34.6 Å². The van der Waals surface area contributed by atoms with Gasteiger partial charge >= 0.3 is 6.09 Å². The van der Waals surface area contributed by atoms with E-state index < -0.39 is 71.0 Å². The maximum Gasteiger partial charge on any atom is 0.410 e. The summed E-state index contributed by atoms with van der Waals surface area (Å²) in [5.41, 5.74) is 0.284. The maximum atomic E-state index is 14.7. The SMILES string of the molecule is CC(C)(C)OC(=O)N1C[C@@H](CCC(Nc2cccc(S(=O)(=O)NC(=O)c3ccc(C(C)(C)C)nc3F)n2)c2cc(Cl)ccn2)CC1(C)C.CC(C)(C)c1ccc2c(n1)N1C[C@@H](CCC(c3cc(Cl)ccn3)Nc3cccc(n3)S(=O)(=O)NC2=O)CC1(C)C. The maximum absolute atomic E-state index is 14.7. The number of halogens is 3. The number of carbonyl (C=O) groups is 3. The van der Waals surface area contributed by atoms with E-state index >= 15 is 0 Å². The first kappa shape index (κ1) is 66.9. The van der Waals surface area contributed by atoms with Gasteiger partial charge < -0.3 is 25.2 Å². The van der Waals surface area contributed by atoms with Crippen LogP contribution in [-0.4, -0.2) is 99.3 Å². The van der Waals surface area contributed by atoms with E-state index in [4.69, 9.17) is 32.9 Å². The first-order valence-corrected chi connectivity index (χ1v) is 32.9. The van der Waals surface area contributed by atoms with Crippen LogP contribution in [0.3, 0.4) is 0 Å². The summed E-state index contributed by atoms with van der Waals surface area (Å²) in [7, 11) is -8.76. The van der Waals surface area contributed by atoms with E-state index in [9.17, 15) is 35.6 Å². The lowest BCUT2D eigenvalue weighted by molar-refractivity contribution is 0.0130. The zero-order chi connectivity index (χ0) is 64.5. The van der Waals surface area contributed by atoms with Crippen molar-refractivity contribution < 1.29 is 40.3 Å². The summed E-state index contributed by atoms with van der Waals surface area (Å²) < 4.78 is 77.6. The highest BCUT2D eigenvalue weighted by atomic mass is 35.5. The van der Waals surface area contributed by atoms with Gasteiger partial charge in [-0.3, -0.25) is 19.6 Å². The summed E-state index contributed by atoms with van der Waals surface area (Å²) in [6.07, 6.45) is 7.40. The van der Waals surface area contributed by atoms with Crippen molar-refractivity contribution in [2.24, 2.45) is 11.8 Å². The van der Waals surface area contributed by atoms with Crippen molar-refractivity contribution in [1.82, 2.24) is 44.2 Å². The van der Waals surface area contributed by atoms with E-state index in [-0.39, 0.29) is 45.4 Å². The van der Waals surface area contributed by atoms with Gasteiger partial charge in [-0.15, -0.1) is 0 Å². The lowest BCUT2D eigenvalue weighted by atomic mass is 9.90. The third kappa shape index (κ3) is 16.6. The van der Waals surface area contributed by atoms with E-state index in [1.165, 1.54) is 30.3 Å². The van der Waals surface area contributed by atoms with Crippen LogP contribution in [-0.2, 0) is 35.6 Å². The van der Waals surface area contributed by atoms with E-state index in [1.807, 2.05) is 66.2 Å². The number of anilines is 3. The minimum absolute atomic E-state index is 0.165. The molecule has 9 rings (SSSR count). The number of nitrogens with one attached hydrogen (secondary N) is 4. The fourth-order valence-electron chi connectivity index (χ4n) is 11.2. The number of pyridine rings is 6. The van der Waals surface area contributed by atoms with Gasteiger partial charge in [-0.2, -0.15) is 21.2 Å². The molecule has 0 radical (unpaired) electrons. The summed E-state index contributed by atoms with van der Waals surface area (Å²) in [5, 5.41) is 6.99. The number of likely N-dealkylation sites (tertiary alicyclic amines) is 1. The molecule has 3 aliphatic rings. The Morgan fingerprint density at radius 1 is 0.795 bits per heavy atom. The predicted molar refractivity (Wildman–Crippen MR) is 338 cm³/mol. The molecule has 88 heavy (non-hydrogen) atoms. The molecular formula is C63H79Cl2FN12O8S2. The summed E-state index contributed by atoms with van der Waals surface area (Å²) in [6, 6.07) is 21.4. The number of hydrogen-bond acceptors (Lipinski definition) is 17. The van der Waals surface area contributed by atoms with Crippen LogP contribution in [0.1, 0.15) is 184 Å². The second-order valence-electron chi connectivity index (χ2n) is 27.0. The summed E-state index contributed by atoms with van der Waals surface area (Å²) in [6.45, 7) is 26.8. The zero-order valence-electron chi connectivity index (χ0n) is 52.0. The highest BCUT2D eigenvalue weighted by molar-refractivity contribution is 7.90. The van der Waals surface area contributed by atoms with E-state index in [1.54, 1.807) is 65.8 Å². The number of nitrogens with zero attached hydrogens (tertiary/aromatic N) is 8. The second-order valence-corrected chi connectivity index (χ2v) is 31.1. The minimum Gasteiger partial charge on any atom is -0.444 e. The van der Waals surface area contributed by atoms with Gasteiger partial charge in [0, 0.05) is 68.8 Å². The van der Waals surface area contributed by atoms with Crippen LogP contribution in [0.15, 0.2) is 107 Å². The minimum atomic E-state index is -4.49. The molecule has 3 aliphatic heterocycles. The Bertz CT molecular complexity index is 3820. The predicted octanol–water partition coefficient (Wildman–Crippen LogP) is 12.5. The normalized spacial score (nSPS) is 19.5. The molecule has 2 saturated heterocycles. The summed E-state index contributed by atoms with van der Waals surface area (Å²) >= 11 is 12.6. The Hall–Kier alpha value is -7.08. The quantitative estimate of drug-likeness (QED) is 0.0929. The summed E-state index contributed by atoms with van der Waals surface area (Å²) in [4.78, 5) is 69.7. The van der Waals surface area contributed by atoms with Gasteiger partial charge in [0.2, 0.25) is 5.95 Å². The average molecular weight is 1290 g/mol. The topological polar surface area (TPSA) is 261 Å². The molecule has 6 aromatic rings. The van der Waals surface area contributed by atoms with Gasteiger partial charge in [0.15, 0.2) is 10.1 Å². The highest BCUT2D eigenvalue weighted by Gasteiger charge is 2.44. The molecule has 20 nitrogen and oxygen atoms in total. The Labute approximate surface area is 526 Å². The van der Waals surface area contributed by atoms with Crippen molar-refractivity contribution in [3.8, 4) is 0 Å². The molecule has 4 atom stereocenters. The highest BCUT2D eigenvalue weighted by Crippen LogP contribution is 2.42. The number of fused-ring (bicyclic) bond motifs is 6. The van der Waals surface area contributed by atoms with Crippen LogP contribution >= 0.6 is 23.2 Å². The van der Waals surface area contributed by atoms with Gasteiger partial charge in [0.1, 0.15) is 23.1 Å². The number of aromatic nitrogens is 6. The molecule has 2 unspecified atom stereocenters. The summed E-state index contributed by atoms with van der Waals surface area (Å²) in [5.74, 6) is -1.44. The number of carbonyl (C=O) groups excluding carboxylic acids is 3. The lowest BCUT2D eigenvalue weighted by Gasteiger charge is -2.34. The Morgan fingerprint density at radius 3 is 2.11 bits per heavy atom. The molecule has 4 bridgehead atoms. The fourth-order valence-corrected chi connectivity index (χ4v) is 13.4. The average Bonchev–Trinajstić information content (AvgIpc) is 3.19. The second kappa shape index (κ2) is 25.8. The molecule has 2 fully saturated rings. The number of amides is 3. The molecule has 9 heterocycles. The van der Waals surface area contributed by atoms with Crippen molar-refractivity contribution in [2.75, 3.05) is 28.6 Å². The molecule has 472 valence electrons. The molecule has 6 aromatic heterocycles. The van der Waals surface area contributed by atoms with Crippen molar-refractivity contribution in [1.29, 1.82) is 0 Å². The van der Waals surface area contributed by atoms with E-state index in [0.717, 1.165) is 37.1 Å². The van der Waals surface area contributed by atoms with Crippen LogP contribution in [0.4, 0.5) is 26.6 Å². The van der Waals surface area contributed by atoms with Gasteiger partial charge in [-0.25, -0.2) is 34.2 Å². The molecule has 0 aromatic carbocycles. The Kier molecular flexibility index (Phi) is 19.6. The third-order valence-electron chi connectivity index (χ3n) is 15.6. The zero-order valence-corrected chi connectivity index (χ0v) is 55.1. The van der Waals surface area contributed by atoms with Crippen molar-refractivity contribution >= 4 is 78.6 Å². The molecule has 4 N–H and O–H groups in total. The molecule has 3 amide bonds. The first-order valence-electron chi connectivity index (χ1n) is 29.2. The molecule has 0 aliphatic carbocycles. The van der Waals surface area contributed by atoms with Crippen LogP contribution < -0.4 is 25.0 Å². The van der Waals surface area contributed by atoms with Gasteiger partial charge in [-0.1, -0.05) is 76.9 Å². The number of ether oxygens (including phenoxy) is 1. The first-order chi connectivity index (χ1) is 40.9. The van der Waals surface area contributed by atoms with E-state index in [0.29, 0.717) is 64.9 Å². The molecule has 0 spiro atoms. The third-order valence-corrected chi connectivity index (χ3v) is 18.5. The van der Waals surface area contributed by atoms with Crippen LogP contribution in [0, 0.1) is 17.8 Å². The molecule has 25 heteroatoms. The van der Waals surface area contributed by atoms with Gasteiger partial charge in [0.25, 0.3) is 31.9 Å². The number of rotatable bonds is 10. The lowest BCUT2D eigenvalue weighted by Crippen LogP contribution is -2.45. The van der Waals surface area contributed by atoms with Crippen LogP contribution in [0.5, 0.6) is 0 Å². The van der Waals surface area contributed by atoms with Crippen molar-refractivity contribution in [3.63, 3.8) is 0 Å². The number of hydrogen-bond donors (Lipinski definition) is 4. The molecular weight excluding hydrogens is 1210 g/mol. The fraction of sp³-hybridized carbons (Fsp3) is 0.476. The Morgan fingerprint density at radius 2 is 1.45 bits per heavy atom. The van der Waals surface area contributed by atoms with Crippen molar-refractivity contribution in [2.45, 2.75) is 178 Å². The monoisotopic (exact) mass is 1280 g/mol. The smallest absolute Gasteiger partial charge is 0.410 e. The van der Waals surface area contributed by atoms with Crippen LogP contribution in [0.2, 0.25) is 10.0 Å². The molecule has 0 saturated carbocycles. The Balaban J connectivity index is 0.000000231.